The van der Waals surface area contributed by atoms with Crippen LogP contribution in [0.25, 0.3) is 0 Å². The third-order valence-electron chi connectivity index (χ3n) is 2.36. The molecule has 1 saturated heterocycles. The number of thioether (sulfide) groups is 1. The normalized spacial score (nSPS) is 20.5. The van der Waals surface area contributed by atoms with Crippen LogP contribution >= 0.6 is 23.1 Å². The summed E-state index contributed by atoms with van der Waals surface area (Å²) in [6, 6.07) is 4.09. The summed E-state index contributed by atoms with van der Waals surface area (Å²) in [5.74, 6) is 1.99. The molecule has 1 aliphatic heterocycles. The Bertz CT molecular complexity index is 320. The molecule has 15 heavy (non-hydrogen) atoms. The van der Waals surface area contributed by atoms with E-state index in [9.17, 15) is 4.79 Å². The smallest absolute Gasteiger partial charge is 0.240 e. The van der Waals surface area contributed by atoms with Crippen LogP contribution in [-0.4, -0.2) is 35.5 Å². The average Bonchev–Trinajstić information content (AvgIpc) is 2.88. The fraction of sp³-hybridized carbons (Fsp3) is 0.500. The number of hydrogen-bond acceptors (Lipinski definition) is 4. The molecule has 2 rings (SSSR count). The molecule has 1 fully saturated rings. The van der Waals surface area contributed by atoms with Gasteiger partial charge in [0.05, 0.1) is 12.6 Å². The van der Waals surface area contributed by atoms with Crippen molar-refractivity contribution in [2.75, 3.05) is 18.7 Å². The first-order chi connectivity index (χ1) is 7.27. The van der Waals surface area contributed by atoms with E-state index < -0.39 is 0 Å². The third-order valence-corrected chi connectivity index (χ3v) is 4.16. The molecule has 5 heteroatoms. The van der Waals surface area contributed by atoms with Crippen LogP contribution in [0.2, 0.25) is 0 Å². The molecule has 1 N–H and O–H groups in total. The zero-order chi connectivity index (χ0) is 10.7. The van der Waals surface area contributed by atoms with Gasteiger partial charge in [0, 0.05) is 23.6 Å². The second-order valence-electron chi connectivity index (χ2n) is 3.55. The Kier molecular flexibility index (Phi) is 3.66. The molecule has 1 aromatic heterocycles. The van der Waals surface area contributed by atoms with Crippen LogP contribution in [0, 0.1) is 0 Å². The van der Waals surface area contributed by atoms with E-state index in [4.69, 9.17) is 0 Å². The molecule has 1 amide bonds. The minimum Gasteiger partial charge on any atom is -0.339 e. The Hall–Kier alpha value is -0.520. The highest BCUT2D eigenvalue weighted by Crippen LogP contribution is 2.15. The van der Waals surface area contributed by atoms with Crippen LogP contribution in [0.1, 0.15) is 4.88 Å². The van der Waals surface area contributed by atoms with Crippen molar-refractivity contribution in [2.24, 2.45) is 0 Å². The molecule has 0 saturated carbocycles. The highest BCUT2D eigenvalue weighted by Gasteiger charge is 2.25. The van der Waals surface area contributed by atoms with E-state index >= 15 is 0 Å². The monoisotopic (exact) mass is 242 g/mol. The lowest BCUT2D eigenvalue weighted by molar-refractivity contribution is -0.131. The highest BCUT2D eigenvalue weighted by atomic mass is 32.2. The molecule has 0 unspecified atom stereocenters. The molecular weight excluding hydrogens is 228 g/mol. The molecule has 0 spiro atoms. The van der Waals surface area contributed by atoms with E-state index in [1.165, 1.54) is 4.88 Å². The summed E-state index contributed by atoms with van der Waals surface area (Å²) in [6.45, 7) is 0.722. The van der Waals surface area contributed by atoms with E-state index in [0.717, 1.165) is 18.2 Å². The minimum absolute atomic E-state index is 0.0139. The lowest BCUT2D eigenvalue weighted by Gasteiger charge is -2.19. The molecule has 0 bridgehead atoms. The molecule has 2 heterocycles. The quantitative estimate of drug-likeness (QED) is 0.869. The van der Waals surface area contributed by atoms with Crippen molar-refractivity contribution in [3.05, 3.63) is 22.4 Å². The van der Waals surface area contributed by atoms with Crippen LogP contribution < -0.4 is 5.32 Å². The van der Waals surface area contributed by atoms with Crippen LogP contribution in [0.5, 0.6) is 0 Å². The third kappa shape index (κ3) is 2.74. The minimum atomic E-state index is 0.0139. The molecule has 0 aromatic carbocycles. The zero-order valence-electron chi connectivity index (χ0n) is 8.60. The Morgan fingerprint density at radius 3 is 3.20 bits per heavy atom. The molecule has 1 aromatic rings. The molecule has 1 aliphatic rings. The summed E-state index contributed by atoms with van der Waals surface area (Å²) in [7, 11) is 1.87. The van der Waals surface area contributed by atoms with Gasteiger partial charge in [0.1, 0.15) is 0 Å². The standard InChI is InChI=1S/C10H14N2OS2/c1-12(5-8-3-2-4-15-8)10(13)9-6-14-7-11-9/h2-4,9,11H,5-7H2,1H3/t9-/m1/s1. The Morgan fingerprint density at radius 2 is 2.60 bits per heavy atom. The van der Waals surface area contributed by atoms with Crippen molar-refractivity contribution in [1.82, 2.24) is 10.2 Å². The van der Waals surface area contributed by atoms with Crippen molar-refractivity contribution in [3.8, 4) is 0 Å². The Morgan fingerprint density at radius 1 is 1.73 bits per heavy atom. The molecule has 0 aliphatic carbocycles. The van der Waals surface area contributed by atoms with Gasteiger partial charge in [-0.3, -0.25) is 10.1 Å². The van der Waals surface area contributed by atoms with Crippen LogP contribution in [-0.2, 0) is 11.3 Å². The fourth-order valence-electron chi connectivity index (χ4n) is 1.53. The van der Waals surface area contributed by atoms with Gasteiger partial charge < -0.3 is 4.90 Å². The summed E-state index contributed by atoms with van der Waals surface area (Å²) in [5.41, 5.74) is 0. The zero-order valence-corrected chi connectivity index (χ0v) is 10.2. The van der Waals surface area contributed by atoms with Gasteiger partial charge in [-0.25, -0.2) is 0 Å². The van der Waals surface area contributed by atoms with Gasteiger partial charge in [-0.05, 0) is 11.4 Å². The summed E-state index contributed by atoms with van der Waals surface area (Å²) in [5, 5.41) is 5.23. The Labute approximate surface area is 97.8 Å². The van der Waals surface area contributed by atoms with Crippen molar-refractivity contribution >= 4 is 29.0 Å². The number of rotatable bonds is 3. The first kappa shape index (κ1) is 11.0. The predicted octanol–water partition coefficient (Wildman–Crippen LogP) is 1.37. The molecule has 3 nitrogen and oxygen atoms in total. The van der Waals surface area contributed by atoms with Crippen molar-refractivity contribution in [3.63, 3.8) is 0 Å². The van der Waals surface area contributed by atoms with Gasteiger partial charge in [-0.2, -0.15) is 0 Å². The van der Waals surface area contributed by atoms with Gasteiger partial charge in [-0.15, -0.1) is 23.1 Å². The number of thiophene rings is 1. The van der Waals surface area contributed by atoms with Gasteiger partial charge in [0.25, 0.3) is 0 Å². The van der Waals surface area contributed by atoms with Crippen molar-refractivity contribution in [1.29, 1.82) is 0 Å². The summed E-state index contributed by atoms with van der Waals surface area (Å²) < 4.78 is 0. The number of hydrogen-bond donors (Lipinski definition) is 1. The van der Waals surface area contributed by atoms with Gasteiger partial charge in [0.2, 0.25) is 5.91 Å². The van der Waals surface area contributed by atoms with Gasteiger partial charge in [-0.1, -0.05) is 6.07 Å². The van der Waals surface area contributed by atoms with E-state index in [2.05, 4.69) is 11.4 Å². The van der Waals surface area contributed by atoms with Crippen LogP contribution in [0.15, 0.2) is 17.5 Å². The maximum absolute atomic E-state index is 11.9. The molecular formula is C10H14N2OS2. The van der Waals surface area contributed by atoms with E-state index in [0.29, 0.717) is 0 Å². The molecule has 1 atom stereocenters. The highest BCUT2D eigenvalue weighted by molar-refractivity contribution is 7.99. The van der Waals surface area contributed by atoms with Crippen LogP contribution in [0.4, 0.5) is 0 Å². The van der Waals surface area contributed by atoms with Crippen molar-refractivity contribution in [2.45, 2.75) is 12.6 Å². The van der Waals surface area contributed by atoms with Gasteiger partial charge >= 0.3 is 0 Å². The van der Waals surface area contributed by atoms with E-state index in [1.807, 2.05) is 18.5 Å². The number of carbonyl (C=O) groups is 1. The summed E-state index contributed by atoms with van der Waals surface area (Å²) >= 11 is 3.47. The largest absolute Gasteiger partial charge is 0.339 e. The SMILES string of the molecule is CN(Cc1cccs1)C(=O)[C@H]1CSCN1. The fourth-order valence-corrected chi connectivity index (χ4v) is 3.22. The second kappa shape index (κ2) is 5.01. The maximum Gasteiger partial charge on any atom is 0.240 e. The topological polar surface area (TPSA) is 32.3 Å². The number of nitrogens with zero attached hydrogens (tertiary/aromatic N) is 1. The average molecular weight is 242 g/mol. The van der Waals surface area contributed by atoms with E-state index in [1.54, 1.807) is 28.0 Å². The van der Waals surface area contributed by atoms with Gasteiger partial charge in [0.15, 0.2) is 0 Å². The van der Waals surface area contributed by atoms with Crippen molar-refractivity contribution < 1.29 is 4.79 Å². The summed E-state index contributed by atoms with van der Waals surface area (Å²) in [4.78, 5) is 15.0. The number of nitrogens with one attached hydrogen (secondary N) is 1. The number of likely N-dealkylation sites (N-methyl/N-ethyl adjacent to an activating group) is 1. The van der Waals surface area contributed by atoms with E-state index in [-0.39, 0.29) is 11.9 Å². The lowest BCUT2D eigenvalue weighted by atomic mass is 10.3. The number of amides is 1. The molecule has 82 valence electrons. The Balaban J connectivity index is 1.89. The second-order valence-corrected chi connectivity index (χ2v) is 5.61. The van der Waals surface area contributed by atoms with Crippen LogP contribution in [0.3, 0.4) is 0 Å². The first-order valence-electron chi connectivity index (χ1n) is 4.86. The summed E-state index contributed by atoms with van der Waals surface area (Å²) in [6.07, 6.45) is 0. The molecule has 0 radical (unpaired) electrons. The maximum atomic E-state index is 11.9. The number of carbonyl (C=O) groups excluding carboxylic acids is 1. The first-order valence-corrected chi connectivity index (χ1v) is 6.89. The predicted molar refractivity (Wildman–Crippen MR) is 65.0 cm³/mol. The lowest BCUT2D eigenvalue weighted by Crippen LogP contribution is -2.42.